The van der Waals surface area contributed by atoms with Crippen LogP contribution >= 0.6 is 0 Å². The molecule has 0 aliphatic carbocycles. The van der Waals surface area contributed by atoms with Gasteiger partial charge in [-0.3, -0.25) is 14.4 Å². The first-order valence-electron chi connectivity index (χ1n) is 10.8. The Hall–Kier alpha value is -2.83. The Morgan fingerprint density at radius 2 is 1.63 bits per heavy atom. The van der Waals surface area contributed by atoms with E-state index in [1.54, 1.807) is 34.7 Å². The number of nitrogens with one attached hydrogen (secondary N) is 1. The van der Waals surface area contributed by atoms with E-state index < -0.39 is 17.4 Å². The monoisotopic (exact) mass is 413 g/mol. The highest BCUT2D eigenvalue weighted by Crippen LogP contribution is 2.16. The molecule has 2 aromatic rings. The second-order valence-corrected chi connectivity index (χ2v) is 8.23. The van der Waals surface area contributed by atoms with E-state index in [1.165, 1.54) is 18.9 Å². The number of aromatic nitrogens is 1. The van der Waals surface area contributed by atoms with Crippen LogP contribution in [-0.2, 0) is 0 Å². The number of rotatable bonds is 5. The first-order chi connectivity index (χ1) is 14.4. The summed E-state index contributed by atoms with van der Waals surface area (Å²) in [5.74, 6) is -0.203. The Balaban J connectivity index is 1.92. The van der Waals surface area contributed by atoms with Crippen LogP contribution in [0.4, 0.5) is 0 Å². The number of nitrogens with zero attached hydrogens (tertiary/aromatic N) is 2. The fourth-order valence-corrected chi connectivity index (χ4v) is 3.71. The highest BCUT2D eigenvalue weighted by atomic mass is 16.3. The van der Waals surface area contributed by atoms with E-state index in [1.807, 2.05) is 13.8 Å². The number of hydrogen-bond donors (Lipinski definition) is 1. The maximum absolute atomic E-state index is 13.2. The third-order valence-corrected chi connectivity index (χ3v) is 5.58. The van der Waals surface area contributed by atoms with Gasteiger partial charge in [0.1, 0.15) is 16.9 Å². The van der Waals surface area contributed by atoms with Gasteiger partial charge >= 0.3 is 0 Å². The molecule has 0 spiro atoms. The van der Waals surface area contributed by atoms with Crippen LogP contribution in [0.25, 0.3) is 0 Å². The van der Waals surface area contributed by atoms with Crippen molar-refractivity contribution in [3.63, 3.8) is 0 Å². The quantitative estimate of drug-likeness (QED) is 0.805. The standard InChI is InChI=1S/C23H31N3O4/c1-16(2)26-14-18(22(28)24-17(3)20-10-9-13-30-20)21(27)19(15-26)23(29)25-11-7-5-4-6-8-12-25/h9-10,13-17H,4-8,11-12H2,1-3H3,(H,24,28)/t17-/m1/s1. The van der Waals surface area contributed by atoms with Crippen molar-refractivity contribution in [2.45, 2.75) is 65.0 Å². The molecule has 30 heavy (non-hydrogen) atoms. The summed E-state index contributed by atoms with van der Waals surface area (Å²) in [6.07, 6.45) is 9.89. The SMILES string of the molecule is CC(C)n1cc(C(=O)N[C@H](C)c2ccco2)c(=O)c(C(=O)N2CCCCCCC2)c1. The van der Waals surface area contributed by atoms with Crippen molar-refractivity contribution >= 4 is 11.8 Å². The van der Waals surface area contributed by atoms with Gasteiger partial charge < -0.3 is 19.2 Å². The molecule has 1 N–H and O–H groups in total. The van der Waals surface area contributed by atoms with Crippen LogP contribution in [0.2, 0.25) is 0 Å². The van der Waals surface area contributed by atoms with Gasteiger partial charge in [-0.05, 0) is 45.7 Å². The largest absolute Gasteiger partial charge is 0.467 e. The molecule has 3 heterocycles. The van der Waals surface area contributed by atoms with E-state index in [0.717, 1.165) is 25.7 Å². The lowest BCUT2D eigenvalue weighted by atomic mass is 10.1. The Labute approximate surface area is 177 Å². The lowest BCUT2D eigenvalue weighted by molar-refractivity contribution is 0.0740. The number of furan rings is 1. The molecule has 0 bridgehead atoms. The van der Waals surface area contributed by atoms with Gasteiger partial charge in [0.2, 0.25) is 5.43 Å². The molecule has 0 aromatic carbocycles. The van der Waals surface area contributed by atoms with Crippen molar-refractivity contribution in [2.75, 3.05) is 13.1 Å². The minimum Gasteiger partial charge on any atom is -0.467 e. The average Bonchev–Trinajstić information content (AvgIpc) is 3.22. The Bertz CT molecular complexity index is 922. The third-order valence-electron chi connectivity index (χ3n) is 5.58. The zero-order valence-electron chi connectivity index (χ0n) is 18.0. The molecular weight excluding hydrogens is 382 g/mol. The van der Waals surface area contributed by atoms with Crippen LogP contribution in [0.15, 0.2) is 40.0 Å². The summed E-state index contributed by atoms with van der Waals surface area (Å²) in [6, 6.07) is 3.11. The topological polar surface area (TPSA) is 84.5 Å². The molecule has 7 heteroatoms. The number of hydrogen-bond acceptors (Lipinski definition) is 4. The molecular formula is C23H31N3O4. The maximum Gasteiger partial charge on any atom is 0.259 e. The molecule has 1 saturated heterocycles. The number of amides is 2. The molecule has 2 aromatic heterocycles. The van der Waals surface area contributed by atoms with Crippen LogP contribution in [0, 0.1) is 0 Å². The van der Waals surface area contributed by atoms with Gasteiger partial charge in [-0.15, -0.1) is 0 Å². The smallest absolute Gasteiger partial charge is 0.259 e. The molecule has 7 nitrogen and oxygen atoms in total. The average molecular weight is 414 g/mol. The first-order valence-corrected chi connectivity index (χ1v) is 10.8. The predicted octanol–water partition coefficient (Wildman–Crippen LogP) is 3.92. The zero-order valence-corrected chi connectivity index (χ0v) is 18.0. The van der Waals surface area contributed by atoms with Crippen molar-refractivity contribution in [2.24, 2.45) is 0 Å². The highest BCUT2D eigenvalue weighted by Gasteiger charge is 2.25. The van der Waals surface area contributed by atoms with Gasteiger partial charge in [-0.2, -0.15) is 0 Å². The van der Waals surface area contributed by atoms with Gasteiger partial charge in [-0.1, -0.05) is 19.3 Å². The maximum atomic E-state index is 13.2. The number of carbonyl (C=O) groups excluding carboxylic acids is 2. The summed E-state index contributed by atoms with van der Waals surface area (Å²) < 4.78 is 7.08. The van der Waals surface area contributed by atoms with E-state index in [-0.39, 0.29) is 23.1 Å². The predicted molar refractivity (Wildman–Crippen MR) is 115 cm³/mol. The zero-order chi connectivity index (χ0) is 21.7. The summed E-state index contributed by atoms with van der Waals surface area (Å²) in [4.78, 5) is 41.0. The van der Waals surface area contributed by atoms with Gasteiger partial charge in [0.05, 0.1) is 12.3 Å². The Morgan fingerprint density at radius 3 is 2.23 bits per heavy atom. The molecule has 0 saturated carbocycles. The number of pyridine rings is 1. The minimum atomic E-state index is -0.525. The fraction of sp³-hybridized carbons (Fsp3) is 0.522. The number of carbonyl (C=O) groups is 2. The van der Waals surface area contributed by atoms with Crippen LogP contribution in [0.5, 0.6) is 0 Å². The molecule has 1 fully saturated rings. The first kappa shape index (κ1) is 21.9. The Kier molecular flexibility index (Phi) is 7.13. The van der Waals surface area contributed by atoms with Crippen molar-refractivity contribution < 1.29 is 14.0 Å². The van der Waals surface area contributed by atoms with Crippen molar-refractivity contribution in [3.8, 4) is 0 Å². The normalized spacial score (nSPS) is 16.1. The molecule has 0 unspecified atom stereocenters. The van der Waals surface area contributed by atoms with E-state index in [0.29, 0.717) is 18.8 Å². The van der Waals surface area contributed by atoms with Gasteiger partial charge in [0, 0.05) is 31.5 Å². The summed E-state index contributed by atoms with van der Waals surface area (Å²) in [5, 5.41) is 2.80. The summed E-state index contributed by atoms with van der Waals surface area (Å²) in [6.45, 7) is 6.97. The van der Waals surface area contributed by atoms with E-state index >= 15 is 0 Å². The molecule has 0 radical (unpaired) electrons. The van der Waals surface area contributed by atoms with E-state index in [9.17, 15) is 14.4 Å². The minimum absolute atomic E-state index is 0.00136. The molecule has 1 atom stereocenters. The summed E-state index contributed by atoms with van der Waals surface area (Å²) >= 11 is 0. The second kappa shape index (κ2) is 9.78. The fourth-order valence-electron chi connectivity index (χ4n) is 3.71. The number of likely N-dealkylation sites (tertiary alicyclic amines) is 1. The highest BCUT2D eigenvalue weighted by molar-refractivity contribution is 5.99. The van der Waals surface area contributed by atoms with E-state index in [2.05, 4.69) is 5.32 Å². The molecule has 3 rings (SSSR count). The lowest BCUT2D eigenvalue weighted by Gasteiger charge is -2.25. The van der Waals surface area contributed by atoms with Crippen LogP contribution in [0.3, 0.4) is 0 Å². The second-order valence-electron chi connectivity index (χ2n) is 8.23. The van der Waals surface area contributed by atoms with Gasteiger partial charge in [0.25, 0.3) is 11.8 Å². The van der Waals surface area contributed by atoms with Crippen molar-refractivity contribution in [1.29, 1.82) is 0 Å². The molecule has 162 valence electrons. The summed E-state index contributed by atoms with van der Waals surface area (Å²) in [7, 11) is 0. The molecule has 1 aliphatic rings. The Morgan fingerprint density at radius 1 is 1.00 bits per heavy atom. The third kappa shape index (κ3) is 5.01. The van der Waals surface area contributed by atoms with Gasteiger partial charge in [-0.25, -0.2) is 0 Å². The van der Waals surface area contributed by atoms with Gasteiger partial charge in [0.15, 0.2) is 0 Å². The van der Waals surface area contributed by atoms with Crippen molar-refractivity contribution in [1.82, 2.24) is 14.8 Å². The lowest BCUT2D eigenvalue weighted by Crippen LogP contribution is -2.39. The van der Waals surface area contributed by atoms with Crippen LogP contribution < -0.4 is 10.7 Å². The van der Waals surface area contributed by atoms with E-state index in [4.69, 9.17) is 4.42 Å². The summed E-state index contributed by atoms with van der Waals surface area (Å²) in [5.41, 5.74) is -0.495. The molecule has 1 aliphatic heterocycles. The van der Waals surface area contributed by atoms with Crippen LogP contribution in [-0.4, -0.2) is 34.4 Å². The molecule has 2 amide bonds. The van der Waals surface area contributed by atoms with Crippen molar-refractivity contribution in [3.05, 3.63) is 57.9 Å². The van der Waals surface area contributed by atoms with Crippen LogP contribution in [0.1, 0.15) is 91.4 Å².